The van der Waals surface area contributed by atoms with Gasteiger partial charge >= 0.3 is 0 Å². The highest BCUT2D eigenvalue weighted by atomic mass is 35.5. The summed E-state index contributed by atoms with van der Waals surface area (Å²) in [5.74, 6) is 0. The molecule has 35 heavy (non-hydrogen) atoms. The van der Waals surface area contributed by atoms with E-state index in [0.717, 1.165) is 101 Å². The van der Waals surface area contributed by atoms with E-state index in [4.69, 9.17) is 45.5 Å². The third kappa shape index (κ3) is 14.8. The number of nitrogens with one attached hydrogen (secondary N) is 4. The molecule has 2 aliphatic rings. The maximum Gasteiger partial charge on any atom is 0.170 e. The molecule has 0 aromatic heterocycles. The minimum atomic E-state index is 0.635. The van der Waals surface area contributed by atoms with E-state index < -0.39 is 0 Å². The number of unbranched alkanes of at least 4 members (excludes halogenated alkanes) is 1. The first-order chi connectivity index (χ1) is 17.1. The van der Waals surface area contributed by atoms with Crippen LogP contribution < -0.4 is 21.3 Å². The zero-order valence-electron chi connectivity index (χ0n) is 20.8. The van der Waals surface area contributed by atoms with E-state index in [9.17, 15) is 0 Å². The Bertz CT molecular complexity index is 716. The standard InChI is InChI=1S/C13H18ClN3OS.C11H23N3OS/c14-11-1-3-12(4-2-11)16-13(19)15-5-6-17-7-9-18-10-8-17;1-2-3-4-12-11(16)13-5-6-14-7-9-15-10-8-14/h1-4H,5-10H2,(H2,15,16,19);2-10H2,1H3,(H2,12,13,16). The Labute approximate surface area is 226 Å². The quantitative estimate of drug-likeness (QED) is 0.261. The van der Waals surface area contributed by atoms with Gasteiger partial charge in [-0.25, -0.2) is 0 Å². The Kier molecular flexibility index (Phi) is 16.2. The van der Waals surface area contributed by atoms with Crippen molar-refractivity contribution in [1.29, 1.82) is 0 Å². The van der Waals surface area contributed by atoms with Gasteiger partial charge in [-0.1, -0.05) is 24.9 Å². The van der Waals surface area contributed by atoms with Gasteiger partial charge in [0.05, 0.1) is 26.4 Å². The lowest BCUT2D eigenvalue weighted by atomic mass is 10.3. The largest absolute Gasteiger partial charge is 0.379 e. The molecule has 8 nitrogen and oxygen atoms in total. The third-order valence-electron chi connectivity index (χ3n) is 5.55. The van der Waals surface area contributed by atoms with Crippen LogP contribution in [0.1, 0.15) is 19.8 Å². The number of rotatable bonds is 10. The van der Waals surface area contributed by atoms with Crippen molar-refractivity contribution in [3.8, 4) is 0 Å². The Hall–Kier alpha value is -1.27. The number of nitrogens with zero attached hydrogens (tertiary/aromatic N) is 2. The molecule has 11 heteroatoms. The van der Waals surface area contributed by atoms with Gasteiger partial charge in [-0.15, -0.1) is 0 Å². The van der Waals surface area contributed by atoms with Crippen LogP contribution in [0.3, 0.4) is 0 Å². The molecular formula is C24H41ClN6O2S2. The van der Waals surface area contributed by atoms with Crippen molar-refractivity contribution in [2.24, 2.45) is 0 Å². The second-order valence-electron chi connectivity index (χ2n) is 8.33. The summed E-state index contributed by atoms with van der Waals surface area (Å²) in [6.07, 6.45) is 2.37. The summed E-state index contributed by atoms with van der Waals surface area (Å²) in [6.45, 7) is 14.4. The molecule has 3 rings (SSSR count). The zero-order chi connectivity index (χ0) is 25.1. The summed E-state index contributed by atoms with van der Waals surface area (Å²) in [4.78, 5) is 4.76. The Morgan fingerprint density at radius 3 is 1.80 bits per heavy atom. The lowest BCUT2D eigenvalue weighted by Gasteiger charge is -2.26. The Balaban J connectivity index is 0.000000251. The van der Waals surface area contributed by atoms with E-state index in [0.29, 0.717) is 5.11 Å². The Morgan fingerprint density at radius 1 is 0.800 bits per heavy atom. The number of hydrogen-bond donors (Lipinski definition) is 4. The molecule has 198 valence electrons. The highest BCUT2D eigenvalue weighted by molar-refractivity contribution is 7.80. The van der Waals surface area contributed by atoms with Gasteiger partial charge in [0.1, 0.15) is 0 Å². The summed E-state index contributed by atoms with van der Waals surface area (Å²) in [5, 5.41) is 14.9. The van der Waals surface area contributed by atoms with Crippen LogP contribution in [0.25, 0.3) is 0 Å². The number of benzene rings is 1. The summed E-state index contributed by atoms with van der Waals surface area (Å²) >= 11 is 16.2. The van der Waals surface area contributed by atoms with Crippen LogP contribution in [0.5, 0.6) is 0 Å². The predicted octanol–water partition coefficient (Wildman–Crippen LogP) is 2.54. The van der Waals surface area contributed by atoms with Crippen molar-refractivity contribution in [3.63, 3.8) is 0 Å². The van der Waals surface area contributed by atoms with Gasteiger partial charge in [0, 0.05) is 69.6 Å². The molecule has 1 aromatic carbocycles. The number of thiocarbonyl (C=S) groups is 2. The number of morpholine rings is 2. The summed E-state index contributed by atoms with van der Waals surface area (Å²) < 4.78 is 10.6. The molecule has 0 amide bonds. The van der Waals surface area contributed by atoms with Crippen molar-refractivity contribution < 1.29 is 9.47 Å². The Morgan fingerprint density at radius 2 is 1.29 bits per heavy atom. The molecule has 0 atom stereocenters. The minimum absolute atomic E-state index is 0.635. The fraction of sp³-hybridized carbons (Fsp3) is 0.667. The second kappa shape index (κ2) is 18.9. The first-order valence-corrected chi connectivity index (χ1v) is 13.7. The minimum Gasteiger partial charge on any atom is -0.379 e. The number of ether oxygens (including phenoxy) is 2. The van der Waals surface area contributed by atoms with Gasteiger partial charge in [0.25, 0.3) is 0 Å². The maximum absolute atomic E-state index is 5.83. The van der Waals surface area contributed by atoms with Crippen molar-refractivity contribution in [3.05, 3.63) is 29.3 Å². The van der Waals surface area contributed by atoms with Crippen LogP contribution in [0.4, 0.5) is 5.69 Å². The highest BCUT2D eigenvalue weighted by Crippen LogP contribution is 2.13. The fourth-order valence-electron chi connectivity index (χ4n) is 3.45. The molecule has 0 saturated carbocycles. The molecule has 1 aromatic rings. The molecule has 2 aliphatic heterocycles. The molecule has 4 N–H and O–H groups in total. The predicted molar refractivity (Wildman–Crippen MR) is 154 cm³/mol. The van der Waals surface area contributed by atoms with Gasteiger partial charge in [-0.3, -0.25) is 9.80 Å². The van der Waals surface area contributed by atoms with Crippen molar-refractivity contribution >= 4 is 51.9 Å². The van der Waals surface area contributed by atoms with E-state index in [2.05, 4.69) is 38.0 Å². The van der Waals surface area contributed by atoms with Crippen LogP contribution in [-0.4, -0.2) is 105 Å². The van der Waals surface area contributed by atoms with Crippen LogP contribution in [0.15, 0.2) is 24.3 Å². The molecule has 2 fully saturated rings. The highest BCUT2D eigenvalue weighted by Gasteiger charge is 2.10. The normalized spacial score (nSPS) is 16.5. The lowest BCUT2D eigenvalue weighted by Crippen LogP contribution is -2.43. The van der Waals surface area contributed by atoms with E-state index in [-0.39, 0.29) is 0 Å². The average Bonchev–Trinajstić information content (AvgIpc) is 2.87. The summed E-state index contributed by atoms with van der Waals surface area (Å²) in [6, 6.07) is 7.47. The first-order valence-electron chi connectivity index (χ1n) is 12.5. The molecular weight excluding hydrogens is 504 g/mol. The molecule has 0 bridgehead atoms. The second-order valence-corrected chi connectivity index (χ2v) is 9.58. The number of halogens is 1. The van der Waals surface area contributed by atoms with Gasteiger partial charge in [0.15, 0.2) is 10.2 Å². The lowest BCUT2D eigenvalue weighted by molar-refractivity contribution is 0.0389. The smallest absolute Gasteiger partial charge is 0.170 e. The van der Waals surface area contributed by atoms with E-state index in [1.807, 2.05) is 24.3 Å². The van der Waals surface area contributed by atoms with Crippen LogP contribution in [0, 0.1) is 0 Å². The zero-order valence-corrected chi connectivity index (χ0v) is 23.2. The summed E-state index contributed by atoms with van der Waals surface area (Å²) in [5.41, 5.74) is 0.938. The van der Waals surface area contributed by atoms with E-state index in [1.54, 1.807) is 0 Å². The van der Waals surface area contributed by atoms with Crippen LogP contribution in [0.2, 0.25) is 5.02 Å². The van der Waals surface area contributed by atoms with Crippen molar-refractivity contribution in [2.75, 3.05) is 90.6 Å². The molecule has 0 unspecified atom stereocenters. The van der Waals surface area contributed by atoms with Crippen LogP contribution in [-0.2, 0) is 9.47 Å². The molecule has 2 saturated heterocycles. The monoisotopic (exact) mass is 544 g/mol. The third-order valence-corrected chi connectivity index (χ3v) is 6.34. The number of hydrogen-bond acceptors (Lipinski definition) is 6. The summed E-state index contributed by atoms with van der Waals surface area (Å²) in [7, 11) is 0. The number of anilines is 1. The average molecular weight is 545 g/mol. The topological polar surface area (TPSA) is 73.1 Å². The van der Waals surface area contributed by atoms with Crippen molar-refractivity contribution in [1.82, 2.24) is 25.8 Å². The van der Waals surface area contributed by atoms with E-state index in [1.165, 1.54) is 12.8 Å². The van der Waals surface area contributed by atoms with Gasteiger partial charge in [-0.05, 0) is 55.1 Å². The van der Waals surface area contributed by atoms with Crippen molar-refractivity contribution in [2.45, 2.75) is 19.8 Å². The van der Waals surface area contributed by atoms with Crippen LogP contribution >= 0.6 is 36.0 Å². The fourth-order valence-corrected chi connectivity index (χ4v) is 4.00. The SMILES string of the molecule is CCCCNC(=S)NCCN1CCOCC1.S=C(NCCN1CCOCC1)Nc1ccc(Cl)cc1. The molecule has 2 heterocycles. The van der Waals surface area contributed by atoms with Gasteiger partial charge < -0.3 is 30.7 Å². The molecule has 0 spiro atoms. The molecule has 0 radical (unpaired) electrons. The van der Waals surface area contributed by atoms with Gasteiger partial charge in [-0.2, -0.15) is 0 Å². The molecule has 0 aliphatic carbocycles. The van der Waals surface area contributed by atoms with Gasteiger partial charge in [0.2, 0.25) is 0 Å². The van der Waals surface area contributed by atoms with E-state index >= 15 is 0 Å². The first kappa shape index (κ1) is 30.0. The maximum atomic E-state index is 5.83.